The molecule has 10 heteroatoms. The van der Waals surface area contributed by atoms with Gasteiger partial charge in [-0.15, -0.1) is 0 Å². The maximum atomic E-state index is 12.6. The zero-order valence-electron chi connectivity index (χ0n) is 34.5. The summed E-state index contributed by atoms with van der Waals surface area (Å²) in [7, 11) is 1.17. The number of ether oxygens (including phenoxy) is 2. The first-order valence-electron chi connectivity index (χ1n) is 21.4. The minimum absolute atomic E-state index is 0.0295. The molecule has 2 atom stereocenters. The number of quaternary nitrogens is 1. The van der Waals surface area contributed by atoms with Crippen molar-refractivity contribution >= 4 is 19.8 Å². The highest BCUT2D eigenvalue weighted by Crippen LogP contribution is 2.38. The summed E-state index contributed by atoms with van der Waals surface area (Å²) >= 11 is 0. The SMILES string of the molecule is CCCCC/C=C\CCCCCCCC(=O)OC(COC(=O)CCCCCCCCCCCCCCCCCC)COP(=O)([O-])OCC[N+](C)(C)C. The van der Waals surface area contributed by atoms with Gasteiger partial charge < -0.3 is 27.9 Å². The van der Waals surface area contributed by atoms with Gasteiger partial charge in [0.05, 0.1) is 27.7 Å². The third-order valence-electron chi connectivity index (χ3n) is 9.29. The number of phosphoric acid groups is 1. The summed E-state index contributed by atoms with van der Waals surface area (Å²) in [5, 5.41) is 0. The molecule has 9 nitrogen and oxygen atoms in total. The maximum Gasteiger partial charge on any atom is 0.306 e. The average molecular weight is 760 g/mol. The third kappa shape index (κ3) is 38.5. The van der Waals surface area contributed by atoms with Gasteiger partial charge in [0.1, 0.15) is 19.8 Å². The number of phosphoric ester groups is 1. The molecule has 0 aromatic heterocycles. The summed E-state index contributed by atoms with van der Waals surface area (Å²) in [6.45, 7) is 4.21. The molecule has 0 aromatic rings. The Kier molecular flexibility index (Phi) is 34.6. The Labute approximate surface area is 320 Å². The van der Waals surface area contributed by atoms with Crippen molar-refractivity contribution in [2.75, 3.05) is 47.5 Å². The standard InChI is InChI=1S/C42H82NO8P/c1-6-8-10-12-14-16-18-20-21-22-23-25-26-28-30-32-34-41(44)48-38-40(39-50-52(46,47)49-37-36-43(3,4)5)51-42(45)35-33-31-29-27-24-19-17-15-13-11-9-7-2/h15,17,40H,6-14,16,18-39H2,1-5H3/b17-15-. The van der Waals surface area contributed by atoms with Gasteiger partial charge in [0.25, 0.3) is 7.82 Å². The molecule has 0 saturated heterocycles. The van der Waals surface area contributed by atoms with E-state index < -0.39 is 26.5 Å². The Hall–Kier alpha value is -1.25. The van der Waals surface area contributed by atoms with Crippen molar-refractivity contribution in [1.29, 1.82) is 0 Å². The van der Waals surface area contributed by atoms with Gasteiger partial charge in [-0.2, -0.15) is 0 Å². The van der Waals surface area contributed by atoms with Gasteiger partial charge in [-0.05, 0) is 38.5 Å². The highest BCUT2D eigenvalue weighted by molar-refractivity contribution is 7.45. The van der Waals surface area contributed by atoms with Gasteiger partial charge in [0, 0.05) is 12.8 Å². The predicted molar refractivity (Wildman–Crippen MR) is 213 cm³/mol. The highest BCUT2D eigenvalue weighted by atomic mass is 31.2. The van der Waals surface area contributed by atoms with Crippen LogP contribution in [0, 0.1) is 0 Å². The van der Waals surface area contributed by atoms with Crippen molar-refractivity contribution < 1.29 is 42.1 Å². The summed E-state index contributed by atoms with van der Waals surface area (Å²) in [4.78, 5) is 37.4. The van der Waals surface area contributed by atoms with Gasteiger partial charge in [-0.3, -0.25) is 14.2 Å². The molecule has 0 bridgehead atoms. The molecule has 308 valence electrons. The number of nitrogens with zero attached hydrogens (tertiary/aromatic N) is 1. The lowest BCUT2D eigenvalue weighted by atomic mass is 10.0. The summed E-state index contributed by atoms with van der Waals surface area (Å²) in [5.74, 6) is -0.837. The molecular weight excluding hydrogens is 677 g/mol. The Morgan fingerprint density at radius 3 is 1.46 bits per heavy atom. The Balaban J connectivity index is 4.33. The number of allylic oxidation sites excluding steroid dienone is 2. The number of carbonyl (C=O) groups excluding carboxylic acids is 2. The predicted octanol–water partition coefficient (Wildman–Crippen LogP) is 11.2. The van der Waals surface area contributed by atoms with Crippen LogP contribution in [0.3, 0.4) is 0 Å². The lowest BCUT2D eigenvalue weighted by Gasteiger charge is -2.28. The van der Waals surface area contributed by atoms with Crippen LogP contribution in [-0.2, 0) is 32.7 Å². The minimum atomic E-state index is -4.62. The van der Waals surface area contributed by atoms with E-state index in [0.717, 1.165) is 57.8 Å². The highest BCUT2D eigenvalue weighted by Gasteiger charge is 2.21. The molecule has 0 spiro atoms. The largest absolute Gasteiger partial charge is 0.756 e. The van der Waals surface area contributed by atoms with Crippen LogP contribution < -0.4 is 4.89 Å². The molecule has 0 N–H and O–H groups in total. The average Bonchev–Trinajstić information content (AvgIpc) is 3.09. The van der Waals surface area contributed by atoms with E-state index in [1.165, 1.54) is 103 Å². The van der Waals surface area contributed by atoms with E-state index in [0.29, 0.717) is 17.4 Å². The fraction of sp³-hybridized carbons (Fsp3) is 0.905. The van der Waals surface area contributed by atoms with Crippen LogP contribution in [0.2, 0.25) is 0 Å². The number of rotatable bonds is 39. The van der Waals surface area contributed by atoms with E-state index in [9.17, 15) is 19.0 Å². The van der Waals surface area contributed by atoms with Crippen molar-refractivity contribution in [3.63, 3.8) is 0 Å². The van der Waals surface area contributed by atoms with Crippen molar-refractivity contribution in [1.82, 2.24) is 0 Å². The van der Waals surface area contributed by atoms with Crippen LogP contribution in [0.5, 0.6) is 0 Å². The van der Waals surface area contributed by atoms with Gasteiger partial charge in [0.2, 0.25) is 0 Å². The molecule has 0 heterocycles. The molecular formula is C42H82NO8P. The maximum absolute atomic E-state index is 12.6. The Morgan fingerprint density at radius 2 is 0.981 bits per heavy atom. The van der Waals surface area contributed by atoms with Gasteiger partial charge in [0.15, 0.2) is 6.10 Å². The van der Waals surface area contributed by atoms with Crippen LogP contribution in [0.4, 0.5) is 0 Å². The van der Waals surface area contributed by atoms with Crippen molar-refractivity contribution in [3.05, 3.63) is 12.2 Å². The lowest BCUT2D eigenvalue weighted by Crippen LogP contribution is -2.37. The molecule has 2 unspecified atom stereocenters. The van der Waals surface area contributed by atoms with E-state index in [4.69, 9.17) is 18.5 Å². The number of unbranched alkanes of at least 4 members (excludes halogenated alkanes) is 23. The lowest BCUT2D eigenvalue weighted by molar-refractivity contribution is -0.870. The van der Waals surface area contributed by atoms with Crippen LogP contribution in [0.1, 0.15) is 194 Å². The quantitative estimate of drug-likeness (QED) is 0.0200. The summed E-state index contributed by atoms with van der Waals surface area (Å²) < 4.78 is 33.8. The molecule has 0 aliphatic heterocycles. The first-order chi connectivity index (χ1) is 25.0. The van der Waals surface area contributed by atoms with E-state index >= 15 is 0 Å². The second-order valence-corrected chi connectivity index (χ2v) is 17.1. The molecule has 0 fully saturated rings. The van der Waals surface area contributed by atoms with Crippen LogP contribution in [-0.4, -0.2) is 70.0 Å². The van der Waals surface area contributed by atoms with E-state index in [1.54, 1.807) is 0 Å². The monoisotopic (exact) mass is 760 g/mol. The fourth-order valence-corrected chi connectivity index (χ4v) is 6.61. The third-order valence-corrected chi connectivity index (χ3v) is 10.2. The smallest absolute Gasteiger partial charge is 0.306 e. The first kappa shape index (κ1) is 50.8. The number of hydrogen-bond acceptors (Lipinski definition) is 8. The summed E-state index contributed by atoms with van der Waals surface area (Å²) in [5.41, 5.74) is 0. The minimum Gasteiger partial charge on any atom is -0.756 e. The van der Waals surface area contributed by atoms with Gasteiger partial charge >= 0.3 is 11.9 Å². The molecule has 0 aliphatic rings. The molecule has 0 rings (SSSR count). The normalized spacial score (nSPS) is 13.7. The van der Waals surface area contributed by atoms with Crippen molar-refractivity contribution in [2.45, 2.75) is 200 Å². The molecule has 0 amide bonds. The first-order valence-corrected chi connectivity index (χ1v) is 22.9. The zero-order chi connectivity index (χ0) is 38.6. The van der Waals surface area contributed by atoms with Gasteiger partial charge in [-0.1, -0.05) is 154 Å². The number of carbonyl (C=O) groups is 2. The Morgan fingerprint density at radius 1 is 0.577 bits per heavy atom. The van der Waals surface area contributed by atoms with Crippen LogP contribution in [0.25, 0.3) is 0 Å². The molecule has 52 heavy (non-hydrogen) atoms. The second-order valence-electron chi connectivity index (χ2n) is 15.7. The second kappa shape index (κ2) is 35.5. The fourth-order valence-electron chi connectivity index (χ4n) is 5.88. The summed E-state index contributed by atoms with van der Waals surface area (Å²) in [6, 6.07) is 0. The molecule has 0 aromatic carbocycles. The molecule has 0 saturated carbocycles. The van der Waals surface area contributed by atoms with Crippen molar-refractivity contribution in [2.24, 2.45) is 0 Å². The molecule has 0 radical (unpaired) electrons. The number of hydrogen-bond donors (Lipinski definition) is 0. The molecule has 0 aliphatic carbocycles. The van der Waals surface area contributed by atoms with Crippen LogP contribution >= 0.6 is 7.82 Å². The van der Waals surface area contributed by atoms with Gasteiger partial charge in [-0.25, -0.2) is 0 Å². The van der Waals surface area contributed by atoms with E-state index in [1.807, 2.05) is 21.1 Å². The zero-order valence-corrected chi connectivity index (χ0v) is 35.4. The summed E-state index contributed by atoms with van der Waals surface area (Å²) in [6.07, 6.45) is 35.2. The van der Waals surface area contributed by atoms with Crippen LogP contribution in [0.15, 0.2) is 12.2 Å². The Bertz CT molecular complexity index is 907. The topological polar surface area (TPSA) is 111 Å². The van der Waals surface area contributed by atoms with E-state index in [-0.39, 0.29) is 32.0 Å². The number of esters is 2. The van der Waals surface area contributed by atoms with E-state index in [2.05, 4.69) is 26.0 Å². The number of likely N-dealkylation sites (N-methyl/N-ethyl adjacent to an activating group) is 1. The van der Waals surface area contributed by atoms with Crippen molar-refractivity contribution in [3.8, 4) is 0 Å².